The van der Waals surface area contributed by atoms with E-state index in [4.69, 9.17) is 56.9 Å². The Morgan fingerprint density at radius 1 is 0.615 bits per heavy atom. The second-order valence-electron chi connectivity index (χ2n) is 15.6. The summed E-state index contributed by atoms with van der Waals surface area (Å²) in [5.74, 6) is -12.1. The van der Waals surface area contributed by atoms with Gasteiger partial charge in [-0.05, 0) is 35.4 Å². The molecule has 0 aliphatic heterocycles. The molecule has 36 heteroatoms. The van der Waals surface area contributed by atoms with Gasteiger partial charge in [0, 0.05) is 11.9 Å². The van der Waals surface area contributed by atoms with Gasteiger partial charge < -0.3 is 88.2 Å². The minimum absolute atomic E-state index is 0.126. The van der Waals surface area contributed by atoms with Crippen LogP contribution in [0.15, 0.2) is 105 Å². The average molecular weight is 1110 g/mol. The fraction of sp³-hybridized carbons (Fsp3) is 0.214. The van der Waals surface area contributed by atoms with Gasteiger partial charge in [-0.3, -0.25) is 28.8 Å². The zero-order valence-electron chi connectivity index (χ0n) is 39.7. The molecule has 0 saturated carbocycles. The number of aromatic nitrogens is 1. The highest BCUT2D eigenvalue weighted by Crippen LogP contribution is 2.40. The lowest BCUT2D eigenvalue weighted by Gasteiger charge is -2.31. The van der Waals surface area contributed by atoms with Gasteiger partial charge >= 0.3 is 12.4 Å². The van der Waals surface area contributed by atoms with Crippen molar-refractivity contribution in [3.05, 3.63) is 107 Å². The van der Waals surface area contributed by atoms with Crippen molar-refractivity contribution in [3.8, 4) is 0 Å². The molecule has 0 aliphatic carbocycles. The highest BCUT2D eigenvalue weighted by atomic mass is 19.4. The monoisotopic (exact) mass is 1110 g/mol. The molecule has 4 rings (SSSR count). The van der Waals surface area contributed by atoms with Gasteiger partial charge in [0.1, 0.15) is 11.7 Å². The summed E-state index contributed by atoms with van der Waals surface area (Å²) in [6.07, 6.45) is -19.5. The second kappa shape index (κ2) is 26.3. The Kier molecular flexibility index (Phi) is 20.4. The van der Waals surface area contributed by atoms with Gasteiger partial charge in [-0.15, -0.1) is 4.99 Å². The van der Waals surface area contributed by atoms with Crippen molar-refractivity contribution in [2.24, 2.45) is 71.6 Å². The molecule has 0 saturated heterocycles. The molecule has 30 nitrogen and oxygen atoms in total. The van der Waals surface area contributed by atoms with Gasteiger partial charge in [-0.2, -0.15) is 26.3 Å². The molecule has 3 aromatic carbocycles. The van der Waals surface area contributed by atoms with Crippen LogP contribution >= 0.6 is 0 Å². The number of hydrogen-bond donors (Lipinski definition) is 17. The molecule has 1 heterocycles. The second-order valence-corrected chi connectivity index (χ2v) is 15.6. The maximum absolute atomic E-state index is 14.4. The van der Waals surface area contributed by atoms with Crippen molar-refractivity contribution in [3.63, 3.8) is 0 Å². The van der Waals surface area contributed by atoms with E-state index in [0.29, 0.717) is 22.6 Å². The SMILES string of the molecule is NC(=O)C(N=C(N)N)NC(=O)C(N=C(N)N)NC(=O)C(N=C(N)N)NC(=O)C(N=C(N)N)NC(=O)C(NC(=O)C(O)N(C/C=C\c1ccc(NOO)cc1)c1cc(C(F)(F)F)nc2c(C(F)(F)F)cccc12)c1ccccc1. The van der Waals surface area contributed by atoms with E-state index in [0.717, 1.165) is 12.1 Å². The molecule has 0 bridgehead atoms. The summed E-state index contributed by atoms with van der Waals surface area (Å²) < 4.78 is 86.3. The number of carbonyl (C=O) groups is 6. The van der Waals surface area contributed by atoms with E-state index in [1.54, 1.807) is 0 Å². The first-order chi connectivity index (χ1) is 36.5. The largest absolute Gasteiger partial charge is 0.433 e. The summed E-state index contributed by atoms with van der Waals surface area (Å²) >= 11 is 0. The third-order valence-electron chi connectivity index (χ3n) is 9.86. The first kappa shape index (κ1) is 60.3. The number of nitrogens with one attached hydrogen (secondary N) is 6. The minimum Gasteiger partial charge on any atom is -0.370 e. The molecule has 0 spiro atoms. The summed E-state index contributed by atoms with van der Waals surface area (Å²) in [7, 11) is 0. The molecular weight excluding hydrogens is 1060 g/mol. The van der Waals surface area contributed by atoms with Gasteiger partial charge in [0.25, 0.3) is 29.5 Å². The Hall–Kier alpha value is -10.2. The minimum atomic E-state index is -5.40. The zero-order chi connectivity index (χ0) is 58.2. The Labute approximate surface area is 434 Å². The number of nitrogens with zero attached hydrogens (tertiary/aromatic N) is 6. The zero-order valence-corrected chi connectivity index (χ0v) is 39.7. The predicted octanol–water partition coefficient (Wildman–Crippen LogP) is -3.87. The van der Waals surface area contributed by atoms with E-state index in [-0.39, 0.29) is 11.3 Å². The van der Waals surface area contributed by atoms with Crippen molar-refractivity contribution in [1.82, 2.24) is 31.6 Å². The average Bonchev–Trinajstić information content (AvgIpc) is 3.35. The summed E-state index contributed by atoms with van der Waals surface area (Å²) in [5, 5.41) is 30.1. The van der Waals surface area contributed by atoms with Crippen LogP contribution in [0.5, 0.6) is 0 Å². The first-order valence-electron chi connectivity index (χ1n) is 21.6. The number of benzene rings is 3. The van der Waals surface area contributed by atoms with E-state index < -0.39 is 143 Å². The van der Waals surface area contributed by atoms with E-state index in [1.807, 2.05) is 16.0 Å². The van der Waals surface area contributed by atoms with Crippen LogP contribution in [0.25, 0.3) is 17.0 Å². The van der Waals surface area contributed by atoms with Gasteiger partial charge in [-0.1, -0.05) is 66.7 Å². The number of nitrogens with two attached hydrogens (primary N) is 9. The summed E-state index contributed by atoms with van der Waals surface area (Å²) in [5.41, 5.74) is 45.8. The maximum Gasteiger partial charge on any atom is 0.433 e. The Balaban J connectivity index is 1.76. The maximum atomic E-state index is 14.4. The number of alkyl halides is 6. The predicted molar refractivity (Wildman–Crippen MR) is 265 cm³/mol. The standard InChI is InChI=1S/C42H49F6N21O9/c43-41(44,45)21-10-4-9-20-22(16-23(42(46,47)48)58-25(20)21)69(15-5-6-17-11-13-19(14-12-17)68-78-77)36(76)35(75)59-24(18-7-2-1-3-8-18)31(71)61-28(65-38(52)53)33(73)63-30(67-40(56)57)34(74)62-29(66-39(54)55)32(72)60-27(26(49)70)64-37(50)51/h1-14,16,24,27-30,36,68,76-77H,15H2,(H2,49,70)(H,59,75)(H,60,72)(H,61,71)(H,62,74)(H,63,73)(H4,50,51,64)(H4,52,53,65)(H4,54,55,66)(H4,56,57,67)/b6-5-. The van der Waals surface area contributed by atoms with Gasteiger partial charge in [0.05, 0.1) is 22.5 Å². The highest BCUT2D eigenvalue weighted by Gasteiger charge is 2.40. The van der Waals surface area contributed by atoms with Crippen molar-refractivity contribution < 1.29 is 70.5 Å². The van der Waals surface area contributed by atoms with Crippen LogP contribution in [0.2, 0.25) is 0 Å². The number of para-hydroxylation sites is 1. The number of aliphatic hydroxyl groups is 1. The van der Waals surface area contributed by atoms with Gasteiger partial charge in [0.15, 0.2) is 23.8 Å². The highest BCUT2D eigenvalue weighted by molar-refractivity contribution is 6.00. The van der Waals surface area contributed by atoms with Gasteiger partial charge in [0.2, 0.25) is 36.8 Å². The molecule has 6 amide bonds. The van der Waals surface area contributed by atoms with Crippen LogP contribution in [0.1, 0.15) is 28.4 Å². The third kappa shape index (κ3) is 17.2. The van der Waals surface area contributed by atoms with Gasteiger partial charge in [-0.25, -0.2) is 35.7 Å². The Bertz CT molecular complexity index is 2980. The van der Waals surface area contributed by atoms with Crippen LogP contribution in [0.4, 0.5) is 37.7 Å². The molecule has 78 heavy (non-hydrogen) atoms. The topological polar surface area (TPSA) is 524 Å². The number of fused-ring (bicyclic) bond motifs is 1. The molecule has 0 radical (unpaired) electrons. The van der Waals surface area contributed by atoms with E-state index >= 15 is 0 Å². The molecule has 26 N–H and O–H groups in total. The molecule has 6 atom stereocenters. The third-order valence-corrected chi connectivity index (χ3v) is 9.86. The number of aliphatic hydroxyl groups excluding tert-OH is 1. The number of anilines is 2. The van der Waals surface area contributed by atoms with E-state index in [9.17, 15) is 60.2 Å². The molecule has 418 valence electrons. The van der Waals surface area contributed by atoms with E-state index in [1.165, 1.54) is 66.7 Å². The lowest BCUT2D eigenvalue weighted by molar-refractivity contribution is -0.215. The number of primary amides is 1. The number of guanidine groups is 4. The van der Waals surface area contributed by atoms with Crippen molar-refractivity contribution in [2.45, 2.75) is 49.3 Å². The normalized spacial score (nSPS) is 13.6. The fourth-order valence-electron chi connectivity index (χ4n) is 6.59. The number of rotatable bonds is 23. The molecule has 0 aliphatic rings. The molecule has 4 aromatic rings. The summed E-state index contributed by atoms with van der Waals surface area (Å²) in [4.78, 5) is 103. The Morgan fingerprint density at radius 3 is 1.56 bits per heavy atom. The first-order valence-corrected chi connectivity index (χ1v) is 21.6. The lowest BCUT2D eigenvalue weighted by Crippen LogP contribution is -2.58. The van der Waals surface area contributed by atoms with Crippen molar-refractivity contribution in [2.75, 3.05) is 16.9 Å². The van der Waals surface area contributed by atoms with E-state index in [2.05, 4.69) is 46.1 Å². The quantitative estimate of drug-likeness (QED) is 0.00844. The number of halogens is 6. The molecule has 0 fully saturated rings. The molecular formula is C42H49F6N21O9. The van der Waals surface area contributed by atoms with Crippen LogP contribution in [0, 0.1) is 0 Å². The number of amides is 6. The number of hydrogen-bond acceptors (Lipinski definition) is 16. The number of pyridine rings is 1. The molecule has 6 unspecified atom stereocenters. The fourth-order valence-corrected chi connectivity index (χ4v) is 6.59. The summed E-state index contributed by atoms with van der Waals surface area (Å²) in [6.45, 7) is -0.746. The van der Waals surface area contributed by atoms with Crippen molar-refractivity contribution >= 4 is 87.6 Å². The number of carbonyl (C=O) groups excluding carboxylic acids is 6. The molecule has 1 aromatic heterocycles. The van der Waals surface area contributed by atoms with Crippen molar-refractivity contribution in [1.29, 1.82) is 0 Å². The lowest BCUT2D eigenvalue weighted by atomic mass is 10.0. The Morgan fingerprint density at radius 2 is 1.10 bits per heavy atom. The summed E-state index contributed by atoms with van der Waals surface area (Å²) in [6, 6.07) is 12.9. The van der Waals surface area contributed by atoms with Crippen LogP contribution in [-0.2, 0) is 46.1 Å². The van der Waals surface area contributed by atoms with Crippen LogP contribution in [0.3, 0.4) is 0 Å². The number of aliphatic imine (C=N–C) groups is 4. The van der Waals surface area contributed by atoms with Crippen LogP contribution < -0.4 is 88.6 Å². The van der Waals surface area contributed by atoms with Crippen LogP contribution in [-0.4, -0.2) is 112 Å². The smallest absolute Gasteiger partial charge is 0.370 e.